The smallest absolute Gasteiger partial charge is 0.305 e. The highest BCUT2D eigenvalue weighted by Crippen LogP contribution is 2.03. The number of rotatable bonds is 8. The second kappa shape index (κ2) is 8.97. The van der Waals surface area contributed by atoms with Crippen LogP contribution in [0.2, 0.25) is 0 Å². The average molecular weight is 203 g/mol. The summed E-state index contributed by atoms with van der Waals surface area (Å²) in [6.07, 6.45) is 1.24. The molecule has 1 atom stereocenters. The Balaban J connectivity index is 3.28. The molecule has 0 spiro atoms. The monoisotopic (exact) mass is 203 g/mol. The van der Waals surface area contributed by atoms with E-state index in [9.17, 15) is 4.79 Å². The van der Waals surface area contributed by atoms with Crippen molar-refractivity contribution in [3.05, 3.63) is 0 Å². The van der Waals surface area contributed by atoms with Gasteiger partial charge in [-0.15, -0.1) is 0 Å². The van der Waals surface area contributed by atoms with Gasteiger partial charge in [-0.1, -0.05) is 6.92 Å². The molecule has 0 aliphatic heterocycles. The highest BCUT2D eigenvalue weighted by molar-refractivity contribution is 5.69. The van der Waals surface area contributed by atoms with Gasteiger partial charge < -0.3 is 15.2 Å². The molecule has 0 fully saturated rings. The van der Waals surface area contributed by atoms with E-state index in [4.69, 9.17) is 15.2 Å². The Morgan fingerprint density at radius 3 is 2.71 bits per heavy atom. The van der Waals surface area contributed by atoms with Crippen LogP contribution in [0.1, 0.15) is 26.7 Å². The van der Waals surface area contributed by atoms with E-state index in [-0.39, 0.29) is 5.97 Å². The van der Waals surface area contributed by atoms with E-state index in [1.54, 1.807) is 0 Å². The molecule has 0 saturated heterocycles. The molecule has 0 aromatic carbocycles. The van der Waals surface area contributed by atoms with Gasteiger partial charge in [0.15, 0.2) is 0 Å². The maximum atomic E-state index is 11.1. The minimum Gasteiger partial charge on any atom is -0.463 e. The Labute approximate surface area is 85.8 Å². The van der Waals surface area contributed by atoms with Crippen LogP contribution in [0.4, 0.5) is 0 Å². The molecule has 4 heteroatoms. The molecule has 1 unspecified atom stereocenters. The molecule has 0 amide bonds. The Morgan fingerprint density at radius 1 is 1.43 bits per heavy atom. The molecule has 0 rings (SSSR count). The number of carbonyl (C=O) groups is 1. The van der Waals surface area contributed by atoms with Crippen molar-refractivity contribution in [2.24, 2.45) is 11.7 Å². The fourth-order valence-electron chi connectivity index (χ4n) is 0.913. The first-order valence-corrected chi connectivity index (χ1v) is 5.14. The molecule has 0 aromatic heterocycles. The highest BCUT2D eigenvalue weighted by Gasteiger charge is 2.05. The highest BCUT2D eigenvalue weighted by atomic mass is 16.6. The molecule has 0 aromatic rings. The van der Waals surface area contributed by atoms with Crippen molar-refractivity contribution in [2.45, 2.75) is 26.7 Å². The Bertz CT molecular complexity index is 150. The molecule has 84 valence electrons. The first-order valence-electron chi connectivity index (χ1n) is 5.14. The molecule has 0 heterocycles. The lowest BCUT2D eigenvalue weighted by Crippen LogP contribution is -2.15. The van der Waals surface area contributed by atoms with Crippen LogP contribution < -0.4 is 5.73 Å². The van der Waals surface area contributed by atoms with Crippen LogP contribution in [0.15, 0.2) is 0 Å². The van der Waals surface area contributed by atoms with Gasteiger partial charge in [0.05, 0.1) is 6.61 Å². The minimum absolute atomic E-state index is 0.162. The van der Waals surface area contributed by atoms with E-state index in [1.807, 2.05) is 13.8 Å². The lowest BCUT2D eigenvalue weighted by Gasteiger charge is -2.08. The largest absolute Gasteiger partial charge is 0.463 e. The molecule has 0 bridgehead atoms. The molecular weight excluding hydrogens is 182 g/mol. The number of nitrogens with two attached hydrogens (primary N) is 1. The first kappa shape index (κ1) is 13.4. The lowest BCUT2D eigenvalue weighted by molar-refractivity contribution is -0.145. The van der Waals surface area contributed by atoms with Crippen molar-refractivity contribution in [3.8, 4) is 0 Å². The van der Waals surface area contributed by atoms with E-state index in [0.29, 0.717) is 38.7 Å². The molecule has 0 radical (unpaired) electrons. The summed E-state index contributed by atoms with van der Waals surface area (Å²) in [6.45, 7) is 6.03. The van der Waals surface area contributed by atoms with Crippen molar-refractivity contribution < 1.29 is 14.3 Å². The predicted octanol–water partition coefficient (Wildman–Crippen LogP) is 0.941. The van der Waals surface area contributed by atoms with Gasteiger partial charge in [-0.2, -0.15) is 0 Å². The molecule has 2 N–H and O–H groups in total. The van der Waals surface area contributed by atoms with Crippen molar-refractivity contribution >= 4 is 5.97 Å². The van der Waals surface area contributed by atoms with Gasteiger partial charge >= 0.3 is 5.97 Å². The van der Waals surface area contributed by atoms with E-state index in [1.165, 1.54) is 0 Å². The fourth-order valence-corrected chi connectivity index (χ4v) is 0.913. The summed E-state index contributed by atoms with van der Waals surface area (Å²) >= 11 is 0. The molecule has 4 nitrogen and oxygen atoms in total. The Morgan fingerprint density at radius 2 is 2.14 bits per heavy atom. The SMILES string of the molecule is CCOCCOC(=O)CCC(C)CN. The van der Waals surface area contributed by atoms with Gasteiger partial charge in [0.2, 0.25) is 0 Å². The van der Waals surface area contributed by atoms with Crippen LogP contribution in [0, 0.1) is 5.92 Å². The quantitative estimate of drug-likeness (QED) is 0.471. The minimum atomic E-state index is -0.162. The molecular formula is C10H21NO3. The normalized spacial score (nSPS) is 12.5. The van der Waals surface area contributed by atoms with Crippen molar-refractivity contribution in [1.29, 1.82) is 0 Å². The molecule has 14 heavy (non-hydrogen) atoms. The first-order chi connectivity index (χ1) is 6.70. The maximum absolute atomic E-state index is 11.1. The topological polar surface area (TPSA) is 61.5 Å². The van der Waals surface area contributed by atoms with E-state index < -0.39 is 0 Å². The van der Waals surface area contributed by atoms with Crippen molar-refractivity contribution in [1.82, 2.24) is 0 Å². The Hall–Kier alpha value is -0.610. The molecule has 0 aliphatic rings. The third kappa shape index (κ3) is 8.01. The second-order valence-electron chi connectivity index (χ2n) is 3.30. The Kier molecular flexibility index (Phi) is 8.57. The third-order valence-corrected chi connectivity index (χ3v) is 1.94. The maximum Gasteiger partial charge on any atom is 0.305 e. The number of hydrogen-bond acceptors (Lipinski definition) is 4. The summed E-state index contributed by atoms with van der Waals surface area (Å²) in [5, 5.41) is 0. The standard InChI is InChI=1S/C10H21NO3/c1-3-13-6-7-14-10(12)5-4-9(2)8-11/h9H,3-8,11H2,1-2H3. The lowest BCUT2D eigenvalue weighted by atomic mass is 10.1. The molecule has 0 aliphatic carbocycles. The zero-order valence-corrected chi connectivity index (χ0v) is 9.12. The predicted molar refractivity (Wildman–Crippen MR) is 54.9 cm³/mol. The summed E-state index contributed by atoms with van der Waals surface area (Å²) in [5.41, 5.74) is 5.43. The van der Waals surface area contributed by atoms with E-state index >= 15 is 0 Å². The third-order valence-electron chi connectivity index (χ3n) is 1.94. The number of esters is 1. The molecule has 0 saturated carbocycles. The van der Waals surface area contributed by atoms with Crippen LogP contribution in [0.5, 0.6) is 0 Å². The number of hydrogen-bond donors (Lipinski definition) is 1. The van der Waals surface area contributed by atoms with Crippen LogP contribution in [-0.2, 0) is 14.3 Å². The van der Waals surface area contributed by atoms with Gasteiger partial charge in [0.1, 0.15) is 6.61 Å². The van der Waals surface area contributed by atoms with Gasteiger partial charge in [-0.25, -0.2) is 0 Å². The van der Waals surface area contributed by atoms with Crippen LogP contribution in [0.3, 0.4) is 0 Å². The van der Waals surface area contributed by atoms with Crippen LogP contribution in [0.25, 0.3) is 0 Å². The fraction of sp³-hybridized carbons (Fsp3) is 0.900. The van der Waals surface area contributed by atoms with Crippen molar-refractivity contribution in [2.75, 3.05) is 26.4 Å². The average Bonchev–Trinajstić information content (AvgIpc) is 2.21. The van der Waals surface area contributed by atoms with E-state index in [0.717, 1.165) is 6.42 Å². The zero-order chi connectivity index (χ0) is 10.8. The van der Waals surface area contributed by atoms with Crippen LogP contribution in [-0.4, -0.2) is 32.3 Å². The summed E-state index contributed by atoms with van der Waals surface area (Å²) in [4.78, 5) is 11.1. The summed E-state index contributed by atoms with van der Waals surface area (Å²) in [7, 11) is 0. The number of ether oxygens (including phenoxy) is 2. The van der Waals surface area contributed by atoms with Gasteiger partial charge in [0, 0.05) is 13.0 Å². The second-order valence-corrected chi connectivity index (χ2v) is 3.30. The zero-order valence-electron chi connectivity index (χ0n) is 9.12. The van der Waals surface area contributed by atoms with Gasteiger partial charge in [-0.05, 0) is 25.8 Å². The van der Waals surface area contributed by atoms with Gasteiger partial charge in [0.25, 0.3) is 0 Å². The summed E-state index contributed by atoms with van der Waals surface area (Å²) in [6, 6.07) is 0. The van der Waals surface area contributed by atoms with Crippen LogP contribution >= 0.6 is 0 Å². The number of carbonyl (C=O) groups excluding carboxylic acids is 1. The summed E-state index contributed by atoms with van der Waals surface area (Å²) < 4.78 is 9.97. The van der Waals surface area contributed by atoms with E-state index in [2.05, 4.69) is 0 Å². The van der Waals surface area contributed by atoms with Crippen molar-refractivity contribution in [3.63, 3.8) is 0 Å². The van der Waals surface area contributed by atoms with Gasteiger partial charge in [-0.3, -0.25) is 4.79 Å². The summed E-state index contributed by atoms with van der Waals surface area (Å²) in [5.74, 6) is 0.222.